The number of carbonyl (C=O) groups is 1. The van der Waals surface area contributed by atoms with Crippen molar-refractivity contribution in [2.75, 3.05) is 19.6 Å². The molecular weight excluding hydrogens is 350 g/mol. The maximum absolute atomic E-state index is 12.6. The van der Waals surface area contributed by atoms with E-state index in [0.29, 0.717) is 10.6 Å². The first kappa shape index (κ1) is 18.2. The Balaban J connectivity index is 1.22. The zero-order chi connectivity index (χ0) is 17.9. The lowest BCUT2D eigenvalue weighted by Crippen LogP contribution is -2.47. The summed E-state index contributed by atoms with van der Waals surface area (Å²) >= 11 is 1.89. The highest BCUT2D eigenvalue weighted by Gasteiger charge is 2.39. The zero-order valence-corrected chi connectivity index (χ0v) is 15.8. The number of benzene rings is 1. The Morgan fingerprint density at radius 3 is 2.96 bits per heavy atom. The van der Waals surface area contributed by atoms with Gasteiger partial charge in [0.05, 0.1) is 17.5 Å². The van der Waals surface area contributed by atoms with E-state index in [2.05, 4.69) is 45.6 Å². The van der Waals surface area contributed by atoms with Gasteiger partial charge in [-0.2, -0.15) is 5.48 Å². The maximum atomic E-state index is 12.6. The molecule has 0 radical (unpaired) electrons. The molecule has 4 rings (SSSR count). The summed E-state index contributed by atoms with van der Waals surface area (Å²) in [6.45, 7) is 5.50. The van der Waals surface area contributed by atoms with Gasteiger partial charge in [0.15, 0.2) is 0 Å². The van der Waals surface area contributed by atoms with Gasteiger partial charge >= 0.3 is 0 Å². The summed E-state index contributed by atoms with van der Waals surface area (Å²) in [5.74, 6) is 0.0323. The third kappa shape index (κ3) is 4.39. The van der Waals surface area contributed by atoms with Crippen molar-refractivity contribution in [3.8, 4) is 0 Å². The fourth-order valence-electron chi connectivity index (χ4n) is 3.70. The van der Waals surface area contributed by atoms with E-state index >= 15 is 0 Å². The Labute approximate surface area is 158 Å². The van der Waals surface area contributed by atoms with Crippen LogP contribution >= 0.6 is 11.8 Å². The van der Waals surface area contributed by atoms with Crippen molar-refractivity contribution in [3.63, 3.8) is 0 Å². The van der Waals surface area contributed by atoms with Gasteiger partial charge in [0.2, 0.25) is 5.91 Å². The molecule has 5 atom stereocenters. The van der Waals surface area contributed by atoms with Gasteiger partial charge in [-0.15, -0.1) is 11.8 Å². The Bertz CT molecular complexity index is 619. The lowest BCUT2D eigenvalue weighted by Gasteiger charge is -2.17. The maximum Gasteiger partial charge on any atom is 0.239 e. The van der Waals surface area contributed by atoms with E-state index < -0.39 is 0 Å². The molecule has 0 spiro atoms. The van der Waals surface area contributed by atoms with Gasteiger partial charge in [0.25, 0.3) is 0 Å². The summed E-state index contributed by atoms with van der Waals surface area (Å²) in [5.41, 5.74) is 7.56. The Hall–Kier alpha value is -1.16. The SMILES string of the molecule is CC1NCC(C2CC(C(=O)NC3CNN(Cc4ccccc4)C3)NO2)S1. The van der Waals surface area contributed by atoms with Gasteiger partial charge in [-0.25, -0.2) is 5.01 Å². The predicted octanol–water partition coefficient (Wildman–Crippen LogP) is 0.205. The third-order valence-corrected chi connectivity index (χ3v) is 6.51. The van der Waals surface area contributed by atoms with Crippen molar-refractivity contribution >= 4 is 17.7 Å². The van der Waals surface area contributed by atoms with Crippen LogP contribution in [0.1, 0.15) is 18.9 Å². The fourth-order valence-corrected chi connectivity index (χ4v) is 4.95. The number of nitrogens with one attached hydrogen (secondary N) is 4. The average Bonchev–Trinajstić information content (AvgIpc) is 3.37. The monoisotopic (exact) mass is 377 g/mol. The molecule has 3 saturated heterocycles. The van der Waals surface area contributed by atoms with Crippen LogP contribution in [0.2, 0.25) is 0 Å². The fraction of sp³-hybridized carbons (Fsp3) is 0.611. The lowest BCUT2D eigenvalue weighted by atomic mass is 10.1. The first-order valence-electron chi connectivity index (χ1n) is 9.30. The molecule has 7 nitrogen and oxygen atoms in total. The number of hydroxylamine groups is 1. The number of carbonyl (C=O) groups excluding carboxylic acids is 1. The molecule has 3 aliphatic rings. The summed E-state index contributed by atoms with van der Waals surface area (Å²) < 4.78 is 0. The molecule has 0 saturated carbocycles. The smallest absolute Gasteiger partial charge is 0.239 e. The first-order chi connectivity index (χ1) is 12.7. The molecule has 0 aliphatic carbocycles. The molecule has 3 fully saturated rings. The minimum atomic E-state index is -0.264. The standard InChI is InChI=1S/C18H27N5O2S/c1-12-19-9-17(26-12)16-7-15(22-25-16)18(24)21-14-8-20-23(11-14)10-13-5-3-2-4-6-13/h2-6,12,14-17,19-20,22H,7-11H2,1H3,(H,21,24). The molecule has 3 aliphatic heterocycles. The van der Waals surface area contributed by atoms with Crippen molar-refractivity contribution in [2.24, 2.45) is 0 Å². The van der Waals surface area contributed by atoms with E-state index in [9.17, 15) is 4.79 Å². The predicted molar refractivity (Wildman–Crippen MR) is 102 cm³/mol. The van der Waals surface area contributed by atoms with Crippen LogP contribution in [0.15, 0.2) is 30.3 Å². The molecular formula is C18H27N5O2S. The summed E-state index contributed by atoms with van der Waals surface area (Å²) in [6, 6.07) is 10.2. The van der Waals surface area contributed by atoms with Crippen LogP contribution in [-0.2, 0) is 16.2 Å². The van der Waals surface area contributed by atoms with Crippen LogP contribution in [0.5, 0.6) is 0 Å². The van der Waals surface area contributed by atoms with E-state index in [1.165, 1.54) is 5.56 Å². The topological polar surface area (TPSA) is 77.7 Å². The number of hydrazine groups is 1. The van der Waals surface area contributed by atoms with Crippen molar-refractivity contribution < 1.29 is 9.63 Å². The zero-order valence-electron chi connectivity index (χ0n) is 15.0. The van der Waals surface area contributed by atoms with Gasteiger partial charge in [-0.05, 0) is 12.5 Å². The lowest BCUT2D eigenvalue weighted by molar-refractivity contribution is -0.124. The van der Waals surface area contributed by atoms with Crippen LogP contribution in [0, 0.1) is 0 Å². The molecule has 1 aromatic carbocycles. The highest BCUT2D eigenvalue weighted by molar-refractivity contribution is 8.00. The summed E-state index contributed by atoms with van der Waals surface area (Å²) in [7, 11) is 0. The van der Waals surface area contributed by atoms with Gasteiger partial charge in [0, 0.05) is 37.8 Å². The highest BCUT2D eigenvalue weighted by atomic mass is 32.2. The van der Waals surface area contributed by atoms with E-state index in [4.69, 9.17) is 4.84 Å². The second-order valence-corrected chi connectivity index (χ2v) is 8.81. The second-order valence-electron chi connectivity index (χ2n) is 7.22. The number of thioether (sulfide) groups is 1. The summed E-state index contributed by atoms with van der Waals surface area (Å²) in [6.07, 6.45) is 0.815. The molecule has 0 bridgehead atoms. The van der Waals surface area contributed by atoms with Gasteiger partial charge in [-0.1, -0.05) is 30.3 Å². The van der Waals surface area contributed by atoms with Gasteiger partial charge in [-0.3, -0.25) is 15.1 Å². The molecule has 142 valence electrons. The molecule has 1 amide bonds. The Morgan fingerprint density at radius 1 is 1.35 bits per heavy atom. The third-order valence-electron chi connectivity index (χ3n) is 5.11. The first-order valence-corrected chi connectivity index (χ1v) is 10.2. The van der Waals surface area contributed by atoms with Crippen LogP contribution in [0.4, 0.5) is 0 Å². The van der Waals surface area contributed by atoms with E-state index in [1.54, 1.807) is 0 Å². The quantitative estimate of drug-likeness (QED) is 0.584. The van der Waals surface area contributed by atoms with Crippen molar-refractivity contribution in [1.82, 2.24) is 26.5 Å². The van der Waals surface area contributed by atoms with E-state index in [-0.39, 0.29) is 24.1 Å². The average molecular weight is 378 g/mol. The molecule has 1 aromatic rings. The van der Waals surface area contributed by atoms with E-state index in [1.807, 2.05) is 30.0 Å². The summed E-state index contributed by atoms with van der Waals surface area (Å²) in [4.78, 5) is 18.3. The molecule has 5 unspecified atom stereocenters. The normalized spacial score (nSPS) is 35.0. The van der Waals surface area contributed by atoms with Crippen molar-refractivity contribution in [3.05, 3.63) is 35.9 Å². The minimum Gasteiger partial charge on any atom is -0.349 e. The number of nitrogens with zero attached hydrogens (tertiary/aromatic N) is 1. The van der Waals surface area contributed by atoms with Gasteiger partial charge in [0.1, 0.15) is 6.04 Å². The minimum absolute atomic E-state index is 0.0323. The second kappa shape index (κ2) is 8.24. The number of amides is 1. The van der Waals surface area contributed by atoms with Crippen LogP contribution in [-0.4, -0.2) is 59.4 Å². The molecule has 8 heteroatoms. The number of hydrogen-bond acceptors (Lipinski definition) is 7. The molecule has 26 heavy (non-hydrogen) atoms. The molecule has 0 aromatic heterocycles. The van der Waals surface area contributed by atoms with E-state index in [0.717, 1.165) is 32.6 Å². The summed E-state index contributed by atoms with van der Waals surface area (Å²) in [5, 5.41) is 9.58. The Morgan fingerprint density at radius 2 is 2.19 bits per heavy atom. The Kier molecular flexibility index (Phi) is 5.78. The van der Waals surface area contributed by atoms with Crippen molar-refractivity contribution in [1.29, 1.82) is 0 Å². The molecule has 4 N–H and O–H groups in total. The number of hydrogen-bond donors (Lipinski definition) is 4. The molecule has 3 heterocycles. The van der Waals surface area contributed by atoms with Gasteiger partial charge < -0.3 is 10.6 Å². The highest BCUT2D eigenvalue weighted by Crippen LogP contribution is 2.30. The van der Waals surface area contributed by atoms with Crippen LogP contribution < -0.4 is 21.5 Å². The van der Waals surface area contributed by atoms with Crippen molar-refractivity contribution in [2.45, 2.75) is 48.7 Å². The number of rotatable bonds is 5. The van der Waals surface area contributed by atoms with Crippen LogP contribution in [0.3, 0.4) is 0 Å². The largest absolute Gasteiger partial charge is 0.349 e. The van der Waals surface area contributed by atoms with Crippen LogP contribution in [0.25, 0.3) is 0 Å².